The molecule has 0 aliphatic carbocycles. The smallest absolute Gasteiger partial charge is 0.238 e. The Bertz CT molecular complexity index is 395. The van der Waals surface area contributed by atoms with Crippen LogP contribution in [0.25, 0.3) is 6.08 Å². The van der Waals surface area contributed by atoms with E-state index in [1.54, 1.807) is 6.07 Å². The second kappa shape index (κ2) is 4.89. The molecule has 0 bridgehead atoms. The van der Waals surface area contributed by atoms with Gasteiger partial charge in [-0.1, -0.05) is 0 Å². The molecule has 0 fully saturated rings. The molecule has 80 valence electrons. The zero-order chi connectivity index (χ0) is 11.3. The van der Waals surface area contributed by atoms with Crippen molar-refractivity contribution in [2.75, 3.05) is 6.54 Å². The Labute approximate surface area is 84.3 Å². The highest BCUT2D eigenvalue weighted by atomic mass is 16.6. The van der Waals surface area contributed by atoms with Gasteiger partial charge < -0.3 is 4.42 Å². The van der Waals surface area contributed by atoms with Crippen LogP contribution in [0.15, 0.2) is 22.7 Å². The summed E-state index contributed by atoms with van der Waals surface area (Å²) in [6, 6.07) is 3.08. The molecule has 0 saturated heterocycles. The minimum Gasteiger partial charge on any atom is -0.461 e. The third kappa shape index (κ3) is 4.03. The van der Waals surface area contributed by atoms with Gasteiger partial charge in [0.15, 0.2) is 0 Å². The summed E-state index contributed by atoms with van der Waals surface area (Å²) < 4.78 is 5.09. The van der Waals surface area contributed by atoms with Gasteiger partial charge in [0.05, 0.1) is 17.4 Å². The molecular formula is C8H8N2O5. The molecule has 0 radical (unpaired) electrons. The summed E-state index contributed by atoms with van der Waals surface area (Å²) in [7, 11) is 0. The standard InChI is InChI=1S/C8H8N2O5/c11-9(12)5-3-7-1-2-8(15-7)4-6-10(13)14/h1-3,5H,4,6H2. The zero-order valence-corrected chi connectivity index (χ0v) is 7.66. The van der Waals surface area contributed by atoms with E-state index >= 15 is 0 Å². The number of nitro groups is 2. The number of nitrogens with zero attached hydrogens (tertiary/aromatic N) is 2. The van der Waals surface area contributed by atoms with Crippen LogP contribution in [0.1, 0.15) is 11.5 Å². The Hall–Kier alpha value is -2.18. The molecule has 0 aromatic carbocycles. The maximum absolute atomic E-state index is 10.1. The lowest BCUT2D eigenvalue weighted by atomic mass is 10.3. The maximum atomic E-state index is 10.1. The second-order valence-corrected chi connectivity index (χ2v) is 2.71. The van der Waals surface area contributed by atoms with Gasteiger partial charge in [-0.05, 0) is 12.1 Å². The van der Waals surface area contributed by atoms with Crippen LogP contribution in [0, 0.1) is 20.2 Å². The minimum atomic E-state index is -0.612. The Balaban J connectivity index is 2.56. The Kier molecular flexibility index (Phi) is 3.55. The highest BCUT2D eigenvalue weighted by Gasteiger charge is 2.04. The molecule has 0 unspecified atom stereocenters. The molecule has 0 aliphatic heterocycles. The van der Waals surface area contributed by atoms with Gasteiger partial charge in [0.25, 0.3) is 0 Å². The van der Waals surface area contributed by atoms with Gasteiger partial charge in [-0.25, -0.2) is 0 Å². The second-order valence-electron chi connectivity index (χ2n) is 2.71. The van der Waals surface area contributed by atoms with Gasteiger partial charge in [-0.3, -0.25) is 20.2 Å². The van der Waals surface area contributed by atoms with Crippen molar-refractivity contribution in [1.82, 2.24) is 0 Å². The molecule has 0 N–H and O–H groups in total. The molecule has 7 heteroatoms. The summed E-state index contributed by atoms with van der Waals surface area (Å²) in [4.78, 5) is 19.0. The summed E-state index contributed by atoms with van der Waals surface area (Å²) in [5.74, 6) is 0.750. The van der Waals surface area contributed by atoms with Crippen molar-refractivity contribution in [1.29, 1.82) is 0 Å². The van der Waals surface area contributed by atoms with Gasteiger partial charge in [0.1, 0.15) is 11.5 Å². The molecule has 0 amide bonds. The van der Waals surface area contributed by atoms with E-state index in [9.17, 15) is 20.2 Å². The lowest BCUT2D eigenvalue weighted by Gasteiger charge is -1.90. The van der Waals surface area contributed by atoms with Crippen LogP contribution in [0.4, 0.5) is 0 Å². The number of furan rings is 1. The molecule has 1 aromatic heterocycles. The number of hydrogen-bond acceptors (Lipinski definition) is 5. The predicted molar refractivity (Wildman–Crippen MR) is 50.3 cm³/mol. The Morgan fingerprint density at radius 3 is 2.67 bits per heavy atom. The molecule has 1 rings (SSSR count). The van der Waals surface area contributed by atoms with Crippen molar-refractivity contribution in [2.45, 2.75) is 6.42 Å². The fourth-order valence-corrected chi connectivity index (χ4v) is 0.954. The average Bonchev–Trinajstić information content (AvgIpc) is 2.59. The van der Waals surface area contributed by atoms with Crippen LogP contribution in [-0.2, 0) is 6.42 Å². The summed E-state index contributed by atoms with van der Waals surface area (Å²) in [5.41, 5.74) is 0. The van der Waals surface area contributed by atoms with Crippen LogP contribution in [-0.4, -0.2) is 16.4 Å². The maximum Gasteiger partial charge on any atom is 0.238 e. The van der Waals surface area contributed by atoms with E-state index in [2.05, 4.69) is 0 Å². The first kappa shape index (κ1) is 10.9. The Morgan fingerprint density at radius 1 is 1.33 bits per heavy atom. The van der Waals surface area contributed by atoms with Crippen LogP contribution >= 0.6 is 0 Å². The zero-order valence-electron chi connectivity index (χ0n) is 7.66. The topological polar surface area (TPSA) is 99.4 Å². The molecule has 0 atom stereocenters. The van der Waals surface area contributed by atoms with E-state index in [1.807, 2.05) is 0 Å². The van der Waals surface area contributed by atoms with E-state index in [-0.39, 0.29) is 13.0 Å². The lowest BCUT2D eigenvalue weighted by Crippen LogP contribution is -2.02. The largest absolute Gasteiger partial charge is 0.461 e. The molecule has 0 aliphatic rings. The summed E-state index contributed by atoms with van der Waals surface area (Å²) in [5, 5.41) is 20.0. The first-order valence-corrected chi connectivity index (χ1v) is 4.10. The van der Waals surface area contributed by atoms with Crippen molar-refractivity contribution in [2.24, 2.45) is 0 Å². The fraction of sp³-hybridized carbons (Fsp3) is 0.250. The summed E-state index contributed by atoms with van der Waals surface area (Å²) >= 11 is 0. The summed E-state index contributed by atoms with van der Waals surface area (Å²) in [6.07, 6.45) is 2.12. The fourth-order valence-electron chi connectivity index (χ4n) is 0.954. The molecular weight excluding hydrogens is 204 g/mol. The van der Waals surface area contributed by atoms with Crippen LogP contribution < -0.4 is 0 Å². The van der Waals surface area contributed by atoms with Crippen molar-refractivity contribution < 1.29 is 14.3 Å². The monoisotopic (exact) mass is 212 g/mol. The molecule has 0 saturated carbocycles. The number of hydrogen-bond donors (Lipinski definition) is 0. The third-order valence-electron chi connectivity index (χ3n) is 1.58. The predicted octanol–water partition coefficient (Wildman–Crippen LogP) is 1.35. The van der Waals surface area contributed by atoms with Crippen molar-refractivity contribution >= 4 is 6.08 Å². The minimum absolute atomic E-state index is 0.180. The van der Waals surface area contributed by atoms with Gasteiger partial charge in [-0.15, -0.1) is 0 Å². The van der Waals surface area contributed by atoms with Crippen molar-refractivity contribution in [3.05, 3.63) is 50.1 Å². The highest BCUT2D eigenvalue weighted by Crippen LogP contribution is 2.10. The van der Waals surface area contributed by atoms with E-state index < -0.39 is 9.85 Å². The molecule has 7 nitrogen and oxygen atoms in total. The van der Waals surface area contributed by atoms with E-state index in [0.717, 1.165) is 6.20 Å². The lowest BCUT2D eigenvalue weighted by molar-refractivity contribution is -0.479. The number of rotatable bonds is 5. The third-order valence-corrected chi connectivity index (χ3v) is 1.58. The average molecular weight is 212 g/mol. The normalized spacial score (nSPS) is 10.7. The van der Waals surface area contributed by atoms with Crippen LogP contribution in [0.5, 0.6) is 0 Å². The van der Waals surface area contributed by atoms with Gasteiger partial charge >= 0.3 is 0 Å². The van der Waals surface area contributed by atoms with Gasteiger partial charge in [0, 0.05) is 4.92 Å². The highest BCUT2D eigenvalue weighted by molar-refractivity contribution is 5.41. The first-order chi connectivity index (χ1) is 7.08. The van der Waals surface area contributed by atoms with E-state index in [0.29, 0.717) is 11.5 Å². The van der Waals surface area contributed by atoms with E-state index in [1.165, 1.54) is 12.1 Å². The van der Waals surface area contributed by atoms with Gasteiger partial charge in [0.2, 0.25) is 12.7 Å². The van der Waals surface area contributed by atoms with Crippen LogP contribution in [0.3, 0.4) is 0 Å². The first-order valence-electron chi connectivity index (χ1n) is 4.10. The van der Waals surface area contributed by atoms with E-state index in [4.69, 9.17) is 4.42 Å². The van der Waals surface area contributed by atoms with Gasteiger partial charge in [-0.2, -0.15) is 0 Å². The SMILES string of the molecule is O=[N+]([O-])C=Cc1ccc(CC[N+](=O)[O-])o1. The molecule has 15 heavy (non-hydrogen) atoms. The van der Waals surface area contributed by atoms with Crippen molar-refractivity contribution in [3.63, 3.8) is 0 Å². The molecule has 0 spiro atoms. The van der Waals surface area contributed by atoms with Crippen molar-refractivity contribution in [3.8, 4) is 0 Å². The quantitative estimate of drug-likeness (QED) is 0.541. The summed E-state index contributed by atoms with van der Waals surface area (Å²) in [6.45, 7) is -0.216. The van der Waals surface area contributed by atoms with Crippen LogP contribution in [0.2, 0.25) is 0 Å². The molecule has 1 aromatic rings. The Morgan fingerprint density at radius 2 is 2.07 bits per heavy atom. The molecule has 1 heterocycles.